The highest BCUT2D eigenvalue weighted by Crippen LogP contribution is 2.41. The van der Waals surface area contributed by atoms with E-state index in [9.17, 15) is 0 Å². The van der Waals surface area contributed by atoms with Crippen molar-refractivity contribution in [1.82, 2.24) is 10.6 Å². The lowest BCUT2D eigenvalue weighted by molar-refractivity contribution is 0.116. The van der Waals surface area contributed by atoms with E-state index in [-0.39, 0.29) is 0 Å². The maximum absolute atomic E-state index is 3.98. The van der Waals surface area contributed by atoms with Crippen LogP contribution < -0.4 is 10.6 Å². The Morgan fingerprint density at radius 1 is 0.706 bits per heavy atom. The Kier molecular flexibility index (Phi) is 2.69. The van der Waals surface area contributed by atoms with Gasteiger partial charge in [0.1, 0.15) is 0 Å². The van der Waals surface area contributed by atoms with Crippen LogP contribution in [0.25, 0.3) is 0 Å². The zero-order valence-corrected chi connectivity index (χ0v) is 10.8. The molecule has 2 aliphatic carbocycles. The number of nitrogens with one attached hydrogen (secondary N) is 2. The van der Waals surface area contributed by atoms with Crippen LogP contribution in [0.4, 0.5) is 0 Å². The first-order valence-electron chi connectivity index (χ1n) is 7.86. The van der Waals surface area contributed by atoms with Crippen molar-refractivity contribution in [1.29, 1.82) is 0 Å². The monoisotopic (exact) mass is 234 g/mol. The van der Waals surface area contributed by atoms with E-state index in [1.54, 1.807) is 0 Å². The first-order valence-corrected chi connectivity index (χ1v) is 7.86. The first kappa shape index (κ1) is 10.8. The van der Waals surface area contributed by atoms with Gasteiger partial charge < -0.3 is 10.6 Å². The molecule has 6 unspecified atom stereocenters. The molecule has 2 heteroatoms. The van der Waals surface area contributed by atoms with Crippen LogP contribution in [-0.4, -0.2) is 24.7 Å². The summed E-state index contributed by atoms with van der Waals surface area (Å²) in [4.78, 5) is 0. The standard InChI is InChI=1S/C15H26N2/c1-2-13-6-10(1)8-15(17-13)12-5-11-3-4-16-14(7-11)9-12/h10-17H,1-9H2. The van der Waals surface area contributed by atoms with Gasteiger partial charge in [0.2, 0.25) is 0 Å². The van der Waals surface area contributed by atoms with Gasteiger partial charge in [-0.1, -0.05) is 0 Å². The topological polar surface area (TPSA) is 24.1 Å². The van der Waals surface area contributed by atoms with Crippen LogP contribution in [-0.2, 0) is 0 Å². The summed E-state index contributed by atoms with van der Waals surface area (Å²) in [6.45, 7) is 1.28. The lowest BCUT2D eigenvalue weighted by atomic mass is 9.70. The van der Waals surface area contributed by atoms with Crippen molar-refractivity contribution in [3.8, 4) is 0 Å². The Morgan fingerprint density at radius 2 is 1.59 bits per heavy atom. The van der Waals surface area contributed by atoms with Crippen molar-refractivity contribution in [3.05, 3.63) is 0 Å². The Hall–Kier alpha value is -0.0800. The van der Waals surface area contributed by atoms with E-state index < -0.39 is 0 Å². The summed E-state index contributed by atoms with van der Waals surface area (Å²) in [6.07, 6.45) is 11.8. The molecule has 2 aliphatic heterocycles. The lowest BCUT2D eigenvalue weighted by Gasteiger charge is -2.45. The second-order valence-corrected chi connectivity index (χ2v) is 7.16. The molecule has 2 nitrogen and oxygen atoms in total. The fourth-order valence-corrected chi connectivity index (χ4v) is 5.21. The van der Waals surface area contributed by atoms with Gasteiger partial charge in [0, 0.05) is 18.1 Å². The van der Waals surface area contributed by atoms with Gasteiger partial charge in [-0.2, -0.15) is 0 Å². The predicted octanol–water partition coefficient (Wildman–Crippen LogP) is 2.30. The van der Waals surface area contributed by atoms with E-state index in [2.05, 4.69) is 10.6 Å². The van der Waals surface area contributed by atoms with Crippen molar-refractivity contribution in [2.75, 3.05) is 6.54 Å². The molecule has 96 valence electrons. The summed E-state index contributed by atoms with van der Waals surface area (Å²) in [6, 6.07) is 2.61. The van der Waals surface area contributed by atoms with Gasteiger partial charge in [0.25, 0.3) is 0 Å². The first-order chi connectivity index (χ1) is 8.37. The molecule has 4 rings (SSSR count). The molecule has 0 aromatic carbocycles. The molecule has 4 bridgehead atoms. The van der Waals surface area contributed by atoms with Gasteiger partial charge in [-0.15, -0.1) is 0 Å². The van der Waals surface area contributed by atoms with Gasteiger partial charge >= 0.3 is 0 Å². The quantitative estimate of drug-likeness (QED) is 0.727. The summed E-state index contributed by atoms with van der Waals surface area (Å²) in [7, 11) is 0. The third-order valence-corrected chi connectivity index (χ3v) is 5.97. The van der Waals surface area contributed by atoms with Crippen LogP contribution in [0.1, 0.15) is 51.4 Å². The van der Waals surface area contributed by atoms with Crippen molar-refractivity contribution < 1.29 is 0 Å². The van der Waals surface area contributed by atoms with Crippen LogP contribution in [0, 0.1) is 17.8 Å². The average Bonchev–Trinajstić information content (AvgIpc) is 2.68. The molecule has 6 atom stereocenters. The Morgan fingerprint density at radius 3 is 2.47 bits per heavy atom. The minimum absolute atomic E-state index is 0.855. The summed E-state index contributed by atoms with van der Waals surface area (Å²) < 4.78 is 0. The van der Waals surface area contributed by atoms with E-state index in [1.165, 1.54) is 57.9 Å². The molecule has 2 saturated heterocycles. The highest BCUT2D eigenvalue weighted by atomic mass is 15.0. The average molecular weight is 234 g/mol. The van der Waals surface area contributed by atoms with Crippen LogP contribution >= 0.6 is 0 Å². The maximum Gasteiger partial charge on any atom is 0.0101 e. The number of hydrogen-bond acceptors (Lipinski definition) is 2. The molecule has 4 aliphatic rings. The van der Waals surface area contributed by atoms with Gasteiger partial charge in [-0.05, 0) is 75.7 Å². The second kappa shape index (κ2) is 4.24. The van der Waals surface area contributed by atoms with Gasteiger partial charge in [-0.25, -0.2) is 0 Å². The van der Waals surface area contributed by atoms with E-state index >= 15 is 0 Å². The van der Waals surface area contributed by atoms with Crippen LogP contribution in [0.5, 0.6) is 0 Å². The highest BCUT2D eigenvalue weighted by molar-refractivity contribution is 4.98. The molecule has 17 heavy (non-hydrogen) atoms. The predicted molar refractivity (Wildman–Crippen MR) is 69.9 cm³/mol. The minimum atomic E-state index is 0.855. The van der Waals surface area contributed by atoms with Crippen LogP contribution in [0.15, 0.2) is 0 Å². The van der Waals surface area contributed by atoms with Crippen LogP contribution in [0.3, 0.4) is 0 Å². The van der Waals surface area contributed by atoms with E-state index in [0.717, 1.165) is 35.9 Å². The highest BCUT2D eigenvalue weighted by Gasteiger charge is 2.40. The molecule has 0 aromatic heterocycles. The van der Waals surface area contributed by atoms with Gasteiger partial charge in [0.05, 0.1) is 0 Å². The summed E-state index contributed by atoms with van der Waals surface area (Å²) in [5.74, 6) is 3.09. The maximum atomic E-state index is 3.98. The smallest absolute Gasteiger partial charge is 0.0101 e. The van der Waals surface area contributed by atoms with E-state index in [0.29, 0.717) is 0 Å². The minimum Gasteiger partial charge on any atom is -0.314 e. The third kappa shape index (κ3) is 2.04. The molecule has 2 saturated carbocycles. The number of piperidine rings is 2. The Labute approximate surface area is 105 Å². The molecule has 2 heterocycles. The second-order valence-electron chi connectivity index (χ2n) is 7.16. The molecular formula is C15H26N2. The summed E-state index contributed by atoms with van der Waals surface area (Å²) in [5.41, 5.74) is 0. The van der Waals surface area contributed by atoms with Crippen molar-refractivity contribution in [2.45, 2.75) is 69.5 Å². The zero-order chi connectivity index (χ0) is 11.2. The zero-order valence-electron chi connectivity index (χ0n) is 10.8. The van der Waals surface area contributed by atoms with Crippen LogP contribution in [0.2, 0.25) is 0 Å². The number of rotatable bonds is 1. The Balaban J connectivity index is 1.44. The molecule has 2 N–H and O–H groups in total. The molecular weight excluding hydrogens is 208 g/mol. The summed E-state index contributed by atoms with van der Waals surface area (Å²) >= 11 is 0. The summed E-state index contributed by atoms with van der Waals surface area (Å²) in [5, 5.41) is 7.71. The molecule has 4 fully saturated rings. The van der Waals surface area contributed by atoms with Crippen molar-refractivity contribution in [3.63, 3.8) is 0 Å². The molecule has 0 amide bonds. The van der Waals surface area contributed by atoms with Crippen molar-refractivity contribution in [2.24, 2.45) is 17.8 Å². The molecule has 0 spiro atoms. The Bertz CT molecular complexity index is 267. The SMILES string of the molecule is C1CC2CC(CC(C3CC4CCC(C4)N3)C2)N1. The van der Waals surface area contributed by atoms with Gasteiger partial charge in [0.15, 0.2) is 0 Å². The van der Waals surface area contributed by atoms with Crippen molar-refractivity contribution >= 4 is 0 Å². The number of fused-ring (bicyclic) bond motifs is 4. The normalized spacial score (nSPS) is 53.6. The molecule has 0 radical (unpaired) electrons. The fourth-order valence-electron chi connectivity index (χ4n) is 5.21. The van der Waals surface area contributed by atoms with Gasteiger partial charge in [-0.3, -0.25) is 0 Å². The lowest BCUT2D eigenvalue weighted by Crippen LogP contribution is -2.51. The van der Waals surface area contributed by atoms with E-state index in [4.69, 9.17) is 0 Å². The molecule has 0 aromatic rings. The third-order valence-electron chi connectivity index (χ3n) is 5.97. The fraction of sp³-hybridized carbons (Fsp3) is 1.00. The largest absolute Gasteiger partial charge is 0.314 e. The van der Waals surface area contributed by atoms with E-state index in [1.807, 2.05) is 0 Å². The number of hydrogen-bond donors (Lipinski definition) is 2.